The van der Waals surface area contributed by atoms with Gasteiger partial charge in [-0.05, 0) is 41.0 Å². The van der Waals surface area contributed by atoms with E-state index in [0.717, 1.165) is 17.5 Å². The van der Waals surface area contributed by atoms with Gasteiger partial charge in [-0.1, -0.05) is 68.8 Å². The molecular weight excluding hydrogens is 432 g/mol. The van der Waals surface area contributed by atoms with E-state index < -0.39 is 12.1 Å². The maximum atomic E-state index is 12.6. The predicted molar refractivity (Wildman–Crippen MR) is 131 cm³/mol. The van der Waals surface area contributed by atoms with Gasteiger partial charge in [-0.2, -0.15) is 0 Å². The molecular formula is C27H34N2O5. The van der Waals surface area contributed by atoms with Crippen molar-refractivity contribution >= 4 is 18.0 Å². The number of fused-ring (bicyclic) bond motifs is 3. The standard InChI is InChI=1S/C27H34N2O5/c1-3-8-19(16-25(30)28-14-13-18(2)15-26(31)32)29-27(33)34-17-24-22-11-6-4-9-20(22)21-10-5-7-12-23(21)24/h4-7,9-12,18-19,24H,3,8,13-17H2,1-2H3,(H,28,30)(H,29,33)(H,31,32). The largest absolute Gasteiger partial charge is 0.481 e. The van der Waals surface area contributed by atoms with E-state index >= 15 is 0 Å². The molecule has 34 heavy (non-hydrogen) atoms. The summed E-state index contributed by atoms with van der Waals surface area (Å²) in [4.78, 5) is 35.7. The highest BCUT2D eigenvalue weighted by molar-refractivity contribution is 5.79. The van der Waals surface area contributed by atoms with Crippen molar-refractivity contribution in [2.45, 2.75) is 57.9 Å². The van der Waals surface area contributed by atoms with E-state index in [1.807, 2.05) is 38.1 Å². The fourth-order valence-electron chi connectivity index (χ4n) is 4.53. The Bertz CT molecular complexity index is 961. The highest BCUT2D eigenvalue weighted by Crippen LogP contribution is 2.44. The highest BCUT2D eigenvalue weighted by atomic mass is 16.5. The molecule has 0 saturated carbocycles. The number of hydrogen-bond acceptors (Lipinski definition) is 4. The van der Waals surface area contributed by atoms with Crippen LogP contribution >= 0.6 is 0 Å². The lowest BCUT2D eigenvalue weighted by atomic mass is 9.98. The van der Waals surface area contributed by atoms with Gasteiger partial charge < -0.3 is 20.5 Å². The van der Waals surface area contributed by atoms with Gasteiger partial charge in [0.15, 0.2) is 0 Å². The number of benzene rings is 2. The van der Waals surface area contributed by atoms with Gasteiger partial charge in [-0.25, -0.2) is 4.79 Å². The number of hydrogen-bond donors (Lipinski definition) is 3. The summed E-state index contributed by atoms with van der Waals surface area (Å²) in [6, 6.07) is 16.0. The van der Waals surface area contributed by atoms with Crippen molar-refractivity contribution in [2.24, 2.45) is 5.92 Å². The molecule has 0 aliphatic heterocycles. The molecule has 7 heteroatoms. The molecule has 1 aliphatic rings. The Hall–Kier alpha value is -3.35. The zero-order valence-electron chi connectivity index (χ0n) is 19.9. The van der Waals surface area contributed by atoms with E-state index in [9.17, 15) is 14.4 Å². The van der Waals surface area contributed by atoms with Crippen molar-refractivity contribution in [3.8, 4) is 11.1 Å². The first kappa shape index (κ1) is 25.3. The third kappa shape index (κ3) is 6.83. The van der Waals surface area contributed by atoms with E-state index in [1.165, 1.54) is 11.1 Å². The molecule has 7 nitrogen and oxygen atoms in total. The molecule has 0 saturated heterocycles. The van der Waals surface area contributed by atoms with Crippen LogP contribution < -0.4 is 10.6 Å². The van der Waals surface area contributed by atoms with Crippen molar-refractivity contribution in [1.29, 1.82) is 0 Å². The maximum Gasteiger partial charge on any atom is 0.407 e. The molecule has 0 radical (unpaired) electrons. The topological polar surface area (TPSA) is 105 Å². The summed E-state index contributed by atoms with van der Waals surface area (Å²) in [5.41, 5.74) is 4.65. The minimum absolute atomic E-state index is 0.0109. The van der Waals surface area contributed by atoms with Gasteiger partial charge in [-0.15, -0.1) is 0 Å². The zero-order chi connectivity index (χ0) is 24.5. The molecule has 0 spiro atoms. The summed E-state index contributed by atoms with van der Waals surface area (Å²) in [7, 11) is 0. The number of alkyl carbamates (subject to hydrolysis) is 1. The van der Waals surface area contributed by atoms with E-state index in [1.54, 1.807) is 0 Å². The minimum atomic E-state index is -0.839. The molecule has 0 bridgehead atoms. The summed E-state index contributed by atoms with van der Waals surface area (Å²) in [6.45, 7) is 4.49. The Balaban J connectivity index is 1.49. The van der Waals surface area contributed by atoms with Crippen molar-refractivity contribution in [1.82, 2.24) is 10.6 Å². The highest BCUT2D eigenvalue weighted by Gasteiger charge is 2.29. The SMILES string of the molecule is CCCC(CC(=O)NCCC(C)CC(=O)O)NC(=O)OCC1c2ccccc2-c2ccccc21. The van der Waals surface area contributed by atoms with Crippen LogP contribution in [0.2, 0.25) is 0 Å². The summed E-state index contributed by atoms with van der Waals surface area (Å²) in [6.07, 6.45) is 1.78. The molecule has 3 N–H and O–H groups in total. The monoisotopic (exact) mass is 466 g/mol. The van der Waals surface area contributed by atoms with Crippen molar-refractivity contribution in [3.05, 3.63) is 59.7 Å². The van der Waals surface area contributed by atoms with Gasteiger partial charge >= 0.3 is 12.1 Å². The summed E-state index contributed by atoms with van der Waals surface area (Å²) < 4.78 is 5.61. The first-order valence-electron chi connectivity index (χ1n) is 12.0. The first-order valence-corrected chi connectivity index (χ1v) is 12.0. The number of aliphatic carboxylic acids is 1. The predicted octanol–water partition coefficient (Wildman–Crippen LogP) is 4.70. The van der Waals surface area contributed by atoms with Crippen LogP contribution in [0.1, 0.15) is 63.0 Å². The second-order valence-corrected chi connectivity index (χ2v) is 9.00. The minimum Gasteiger partial charge on any atom is -0.481 e. The second-order valence-electron chi connectivity index (χ2n) is 9.00. The molecule has 182 valence electrons. The lowest BCUT2D eigenvalue weighted by Gasteiger charge is -2.19. The second kappa shape index (κ2) is 12.2. The van der Waals surface area contributed by atoms with E-state index in [-0.39, 0.29) is 43.2 Å². The van der Waals surface area contributed by atoms with Crippen LogP contribution in [0.4, 0.5) is 4.79 Å². The van der Waals surface area contributed by atoms with Crippen LogP contribution in [0, 0.1) is 5.92 Å². The van der Waals surface area contributed by atoms with E-state index in [0.29, 0.717) is 19.4 Å². The average molecular weight is 467 g/mol. The number of carbonyl (C=O) groups is 3. The Labute approximate surface area is 200 Å². The number of nitrogens with one attached hydrogen (secondary N) is 2. The zero-order valence-corrected chi connectivity index (χ0v) is 19.9. The van der Waals surface area contributed by atoms with Gasteiger partial charge in [0.1, 0.15) is 6.61 Å². The first-order chi connectivity index (χ1) is 16.4. The van der Waals surface area contributed by atoms with Crippen LogP contribution in [-0.4, -0.2) is 42.3 Å². The fourth-order valence-corrected chi connectivity index (χ4v) is 4.53. The number of rotatable bonds is 12. The Morgan fingerprint density at radius 2 is 1.59 bits per heavy atom. The molecule has 2 unspecified atom stereocenters. The molecule has 0 aromatic heterocycles. The van der Waals surface area contributed by atoms with Gasteiger partial charge in [0.2, 0.25) is 5.91 Å². The summed E-state index contributed by atoms with van der Waals surface area (Å²) in [5, 5.41) is 14.5. The Morgan fingerprint density at radius 3 is 2.18 bits per heavy atom. The van der Waals surface area contributed by atoms with E-state index in [4.69, 9.17) is 9.84 Å². The van der Waals surface area contributed by atoms with Gasteiger partial charge in [0.25, 0.3) is 0 Å². The number of amides is 2. The molecule has 1 aliphatic carbocycles. The van der Waals surface area contributed by atoms with Crippen molar-refractivity contribution < 1.29 is 24.2 Å². The third-order valence-corrected chi connectivity index (χ3v) is 6.22. The smallest absolute Gasteiger partial charge is 0.407 e. The summed E-state index contributed by atoms with van der Waals surface area (Å²) >= 11 is 0. The van der Waals surface area contributed by atoms with Gasteiger partial charge in [0, 0.05) is 31.3 Å². The molecule has 2 aromatic carbocycles. The number of carboxylic acid groups (broad SMARTS) is 1. The molecule has 2 amide bonds. The quantitative estimate of drug-likeness (QED) is 0.421. The number of carboxylic acids is 1. The van der Waals surface area contributed by atoms with Crippen LogP contribution in [-0.2, 0) is 14.3 Å². The molecule has 2 atom stereocenters. The Morgan fingerprint density at radius 1 is 0.971 bits per heavy atom. The van der Waals surface area contributed by atoms with Crippen LogP contribution in [0.15, 0.2) is 48.5 Å². The van der Waals surface area contributed by atoms with Crippen molar-refractivity contribution in [3.63, 3.8) is 0 Å². The molecule has 0 fully saturated rings. The van der Waals surface area contributed by atoms with Gasteiger partial charge in [0.05, 0.1) is 0 Å². The average Bonchev–Trinajstić information content (AvgIpc) is 3.11. The fraction of sp³-hybridized carbons (Fsp3) is 0.444. The lowest BCUT2D eigenvalue weighted by Crippen LogP contribution is -2.40. The Kier molecular flexibility index (Phi) is 9.08. The van der Waals surface area contributed by atoms with Gasteiger partial charge in [-0.3, -0.25) is 9.59 Å². The maximum absolute atomic E-state index is 12.6. The van der Waals surface area contributed by atoms with Crippen LogP contribution in [0.25, 0.3) is 11.1 Å². The van der Waals surface area contributed by atoms with Crippen LogP contribution in [0.3, 0.4) is 0 Å². The normalized spacial score (nSPS) is 13.9. The van der Waals surface area contributed by atoms with Crippen LogP contribution in [0.5, 0.6) is 0 Å². The third-order valence-electron chi connectivity index (χ3n) is 6.22. The number of carbonyl (C=O) groups excluding carboxylic acids is 2. The molecule has 0 heterocycles. The molecule has 2 aromatic rings. The molecule has 3 rings (SSSR count). The number of ether oxygens (including phenoxy) is 1. The van der Waals surface area contributed by atoms with E-state index in [2.05, 4.69) is 34.9 Å². The van der Waals surface area contributed by atoms with Crippen molar-refractivity contribution in [2.75, 3.05) is 13.2 Å². The lowest BCUT2D eigenvalue weighted by molar-refractivity contribution is -0.138. The summed E-state index contributed by atoms with van der Waals surface area (Å²) in [5.74, 6) is -1.03.